The topological polar surface area (TPSA) is 131 Å². The Morgan fingerprint density at radius 2 is 2.03 bits per heavy atom. The third-order valence-electron chi connectivity index (χ3n) is 3.92. The Bertz CT molecular complexity index is 1050. The summed E-state index contributed by atoms with van der Waals surface area (Å²) in [5.74, 6) is -0.108. The van der Waals surface area contributed by atoms with Crippen LogP contribution in [0.4, 0.5) is 5.69 Å². The van der Waals surface area contributed by atoms with Crippen LogP contribution < -0.4 is 10.2 Å². The summed E-state index contributed by atoms with van der Waals surface area (Å²) < 4.78 is 31.2. The summed E-state index contributed by atoms with van der Waals surface area (Å²) in [6.07, 6.45) is 1.23. The van der Waals surface area contributed by atoms with E-state index in [1.807, 2.05) is 0 Å². The molecule has 0 fully saturated rings. The Morgan fingerprint density at radius 3 is 2.66 bits per heavy atom. The van der Waals surface area contributed by atoms with Gasteiger partial charge in [-0.05, 0) is 30.7 Å². The van der Waals surface area contributed by atoms with E-state index in [2.05, 4.69) is 10.5 Å². The van der Waals surface area contributed by atoms with Crippen molar-refractivity contribution in [2.24, 2.45) is 5.10 Å². The first-order chi connectivity index (χ1) is 13.6. The highest BCUT2D eigenvalue weighted by atomic mass is 32.2. The van der Waals surface area contributed by atoms with E-state index in [9.17, 15) is 23.3 Å². The van der Waals surface area contributed by atoms with Crippen molar-refractivity contribution in [2.45, 2.75) is 11.8 Å². The molecule has 29 heavy (non-hydrogen) atoms. The highest BCUT2D eigenvalue weighted by Gasteiger charge is 2.23. The van der Waals surface area contributed by atoms with Gasteiger partial charge in [0.2, 0.25) is 10.0 Å². The molecule has 2 rings (SSSR count). The Morgan fingerprint density at radius 1 is 1.31 bits per heavy atom. The number of nitro groups is 1. The van der Waals surface area contributed by atoms with Gasteiger partial charge in [-0.25, -0.2) is 13.8 Å². The van der Waals surface area contributed by atoms with Crippen LogP contribution in [-0.4, -0.2) is 50.5 Å². The number of amides is 1. The lowest BCUT2D eigenvalue weighted by Crippen LogP contribution is -2.36. The van der Waals surface area contributed by atoms with Crippen LogP contribution >= 0.6 is 0 Å². The molecule has 0 atom stereocenters. The van der Waals surface area contributed by atoms with Gasteiger partial charge in [0.15, 0.2) is 0 Å². The van der Waals surface area contributed by atoms with Gasteiger partial charge in [-0.3, -0.25) is 14.9 Å². The monoisotopic (exact) mass is 420 g/mol. The molecule has 0 saturated heterocycles. The van der Waals surface area contributed by atoms with Crippen LogP contribution in [0.3, 0.4) is 0 Å². The van der Waals surface area contributed by atoms with E-state index in [1.165, 1.54) is 50.7 Å². The number of likely N-dealkylation sites (N-methyl/N-ethyl adjacent to an activating group) is 1. The molecule has 0 aromatic heterocycles. The van der Waals surface area contributed by atoms with Gasteiger partial charge in [-0.1, -0.05) is 12.1 Å². The predicted octanol–water partition coefficient (Wildman–Crippen LogP) is 1.68. The number of nitrogens with zero attached hydrogens (tertiary/aromatic N) is 3. The van der Waals surface area contributed by atoms with Crippen molar-refractivity contribution >= 4 is 27.8 Å². The molecule has 0 spiro atoms. The summed E-state index contributed by atoms with van der Waals surface area (Å²) >= 11 is 0. The van der Waals surface area contributed by atoms with Crippen LogP contribution in [0, 0.1) is 17.0 Å². The summed E-state index contributed by atoms with van der Waals surface area (Å²) in [6.45, 7) is 1.26. The molecule has 0 radical (unpaired) electrons. The number of aryl methyl sites for hydroxylation is 1. The first kappa shape index (κ1) is 22.0. The lowest BCUT2D eigenvalue weighted by atomic mass is 10.2. The molecule has 0 aliphatic heterocycles. The number of carbonyl (C=O) groups is 1. The second-order valence-electron chi connectivity index (χ2n) is 6.04. The fraction of sp³-hybridized carbons (Fsp3) is 0.222. The number of hydrogen-bond donors (Lipinski definition) is 1. The average molecular weight is 420 g/mol. The highest BCUT2D eigenvalue weighted by molar-refractivity contribution is 7.89. The first-order valence-corrected chi connectivity index (χ1v) is 9.76. The number of rotatable bonds is 8. The minimum absolute atomic E-state index is 0.0335. The smallest absolute Gasteiger partial charge is 0.270 e. The number of hydrazone groups is 1. The van der Waals surface area contributed by atoms with Crippen LogP contribution in [0.1, 0.15) is 11.1 Å². The van der Waals surface area contributed by atoms with Crippen molar-refractivity contribution in [3.63, 3.8) is 0 Å². The van der Waals surface area contributed by atoms with E-state index in [0.717, 1.165) is 4.31 Å². The maximum absolute atomic E-state index is 12.6. The SMILES string of the molecule is COc1ccc(S(=O)(=O)N(C)CC(=O)NN=Cc2cccc([N+](=O)[O-])c2)cc1C. The number of carbonyl (C=O) groups excluding carboxylic acids is 1. The first-order valence-electron chi connectivity index (χ1n) is 8.32. The van der Waals surface area contributed by atoms with Crippen molar-refractivity contribution in [3.8, 4) is 5.75 Å². The van der Waals surface area contributed by atoms with Gasteiger partial charge < -0.3 is 4.74 Å². The molecule has 0 aliphatic carbocycles. The zero-order valence-corrected chi connectivity index (χ0v) is 16.8. The number of nitrogens with one attached hydrogen (secondary N) is 1. The lowest BCUT2D eigenvalue weighted by molar-refractivity contribution is -0.384. The molecule has 2 aromatic rings. The minimum Gasteiger partial charge on any atom is -0.496 e. The number of nitro benzene ring substituents is 1. The predicted molar refractivity (Wildman–Crippen MR) is 106 cm³/mol. The molecular weight excluding hydrogens is 400 g/mol. The van der Waals surface area contributed by atoms with Crippen molar-refractivity contribution < 1.29 is 22.9 Å². The molecule has 2 aromatic carbocycles. The van der Waals surface area contributed by atoms with Crippen molar-refractivity contribution in [2.75, 3.05) is 20.7 Å². The van der Waals surface area contributed by atoms with E-state index in [4.69, 9.17) is 4.74 Å². The molecule has 1 N–H and O–H groups in total. The number of sulfonamides is 1. The van der Waals surface area contributed by atoms with Gasteiger partial charge in [0.05, 0.1) is 29.7 Å². The Labute approximate surface area is 168 Å². The van der Waals surface area contributed by atoms with E-state index in [-0.39, 0.29) is 10.6 Å². The molecule has 0 bridgehead atoms. The third-order valence-corrected chi connectivity index (χ3v) is 5.72. The Kier molecular flexibility index (Phi) is 7.02. The van der Waals surface area contributed by atoms with Crippen LogP contribution in [0.25, 0.3) is 0 Å². The van der Waals surface area contributed by atoms with Crippen LogP contribution in [0.5, 0.6) is 5.75 Å². The normalized spacial score (nSPS) is 11.6. The zero-order valence-electron chi connectivity index (χ0n) is 16.0. The fourth-order valence-corrected chi connectivity index (χ4v) is 3.62. The molecule has 0 saturated carbocycles. The van der Waals surface area contributed by atoms with Crippen LogP contribution in [-0.2, 0) is 14.8 Å². The third kappa shape index (κ3) is 5.59. The fourth-order valence-electron chi connectivity index (χ4n) is 2.41. The molecule has 0 aliphatic rings. The number of methoxy groups -OCH3 is 1. The van der Waals surface area contributed by atoms with Gasteiger partial charge in [-0.15, -0.1) is 0 Å². The average Bonchev–Trinajstić information content (AvgIpc) is 2.68. The number of hydrogen-bond acceptors (Lipinski definition) is 7. The van der Waals surface area contributed by atoms with E-state index < -0.39 is 27.4 Å². The van der Waals surface area contributed by atoms with Crippen molar-refractivity contribution in [1.29, 1.82) is 0 Å². The largest absolute Gasteiger partial charge is 0.496 e. The van der Waals surface area contributed by atoms with E-state index >= 15 is 0 Å². The maximum Gasteiger partial charge on any atom is 0.270 e. The molecule has 1 amide bonds. The summed E-state index contributed by atoms with van der Waals surface area (Å²) in [7, 11) is -1.12. The molecule has 0 unspecified atom stereocenters. The standard InChI is InChI=1S/C18H20N4O6S/c1-13-9-16(7-8-17(13)28-3)29(26,27)21(2)12-18(23)20-19-11-14-5-4-6-15(10-14)22(24)25/h4-11H,12H2,1-3H3,(H,20,23). The van der Waals surface area contributed by atoms with Gasteiger partial charge in [0.25, 0.3) is 11.6 Å². The summed E-state index contributed by atoms with van der Waals surface area (Å²) in [5, 5.41) is 14.4. The number of ether oxygens (including phenoxy) is 1. The van der Waals surface area contributed by atoms with E-state index in [0.29, 0.717) is 16.9 Å². The summed E-state index contributed by atoms with van der Waals surface area (Å²) in [6, 6.07) is 10.1. The lowest BCUT2D eigenvalue weighted by Gasteiger charge is -2.17. The zero-order chi connectivity index (χ0) is 21.6. The van der Waals surface area contributed by atoms with Crippen molar-refractivity contribution in [3.05, 3.63) is 63.7 Å². The summed E-state index contributed by atoms with van der Waals surface area (Å²) in [5.41, 5.74) is 3.15. The second-order valence-corrected chi connectivity index (χ2v) is 8.08. The maximum atomic E-state index is 12.6. The molecule has 154 valence electrons. The van der Waals surface area contributed by atoms with E-state index in [1.54, 1.807) is 19.1 Å². The molecule has 0 heterocycles. The number of benzene rings is 2. The molecule has 10 nitrogen and oxygen atoms in total. The van der Waals surface area contributed by atoms with Crippen LogP contribution in [0.15, 0.2) is 52.5 Å². The Hall–Kier alpha value is -3.31. The molecular formula is C18H20N4O6S. The van der Waals surface area contributed by atoms with Crippen molar-refractivity contribution in [1.82, 2.24) is 9.73 Å². The molecule has 11 heteroatoms. The number of non-ortho nitro benzene ring substituents is 1. The second kappa shape index (κ2) is 9.26. The highest BCUT2D eigenvalue weighted by Crippen LogP contribution is 2.23. The van der Waals surface area contributed by atoms with Crippen LogP contribution in [0.2, 0.25) is 0 Å². The summed E-state index contributed by atoms with van der Waals surface area (Å²) in [4.78, 5) is 22.2. The minimum atomic E-state index is -3.88. The van der Waals surface area contributed by atoms with Gasteiger partial charge in [0.1, 0.15) is 5.75 Å². The van der Waals surface area contributed by atoms with Gasteiger partial charge in [-0.2, -0.15) is 9.41 Å². The van der Waals surface area contributed by atoms with Gasteiger partial charge >= 0.3 is 0 Å². The quantitative estimate of drug-likeness (QED) is 0.393. The van der Waals surface area contributed by atoms with Gasteiger partial charge in [0, 0.05) is 24.7 Å². The Balaban J connectivity index is 2.01.